The van der Waals surface area contributed by atoms with Gasteiger partial charge in [0.25, 0.3) is 0 Å². The van der Waals surface area contributed by atoms with Crippen molar-refractivity contribution in [3.8, 4) is 0 Å². The van der Waals surface area contributed by atoms with Crippen LogP contribution in [0.5, 0.6) is 0 Å². The lowest BCUT2D eigenvalue weighted by Gasteiger charge is -2.41. The van der Waals surface area contributed by atoms with Crippen molar-refractivity contribution < 1.29 is 19.4 Å². The largest absolute Gasteiger partial charge is 0.465 e. The fraction of sp³-hybridized carbons (Fsp3) is 0.833. The molecule has 0 aromatic rings. The number of hydrogen-bond acceptors (Lipinski definition) is 4. The molecule has 2 N–H and O–H groups in total. The predicted molar refractivity (Wildman–Crippen MR) is 62.1 cm³/mol. The first kappa shape index (κ1) is 14.0. The second-order valence-electron chi connectivity index (χ2n) is 4.61. The van der Waals surface area contributed by atoms with Gasteiger partial charge in [0.05, 0.1) is 30.6 Å². The summed E-state index contributed by atoms with van der Waals surface area (Å²) in [5.41, 5.74) is 0. The second-order valence-corrected chi connectivity index (χ2v) is 4.61. The molecule has 17 heavy (non-hydrogen) atoms. The number of aliphatic hydroxyl groups is 1. The Morgan fingerprint density at radius 3 is 2.65 bits per heavy atom. The molecule has 0 aliphatic carbocycles. The van der Waals surface area contributed by atoms with Gasteiger partial charge in [0, 0.05) is 0 Å². The zero-order chi connectivity index (χ0) is 13.0. The first-order valence-corrected chi connectivity index (χ1v) is 6.14. The molecule has 1 aliphatic rings. The van der Waals surface area contributed by atoms with Crippen LogP contribution in [0.2, 0.25) is 0 Å². The molecule has 98 valence electrons. The van der Waals surface area contributed by atoms with Crippen molar-refractivity contribution in [1.82, 2.24) is 5.32 Å². The summed E-state index contributed by atoms with van der Waals surface area (Å²) >= 11 is 0. The molecular formula is C12H21NO4. The van der Waals surface area contributed by atoms with Gasteiger partial charge < -0.3 is 15.2 Å². The van der Waals surface area contributed by atoms with Crippen molar-refractivity contribution in [2.24, 2.45) is 11.8 Å². The van der Waals surface area contributed by atoms with Gasteiger partial charge in [-0.25, -0.2) is 0 Å². The number of rotatable bonds is 6. The molecule has 0 saturated carbocycles. The third-order valence-electron chi connectivity index (χ3n) is 3.17. The van der Waals surface area contributed by atoms with Gasteiger partial charge in [0.2, 0.25) is 5.91 Å². The molecule has 0 aromatic carbocycles. The average Bonchev–Trinajstić information content (AvgIpc) is 2.24. The molecule has 1 fully saturated rings. The Kier molecular flexibility index (Phi) is 4.93. The lowest BCUT2D eigenvalue weighted by molar-refractivity contribution is -0.156. The van der Waals surface area contributed by atoms with Gasteiger partial charge in [0.15, 0.2) is 0 Å². The Balaban J connectivity index is 2.44. The number of hydrogen-bond donors (Lipinski definition) is 2. The molecule has 0 bridgehead atoms. The zero-order valence-corrected chi connectivity index (χ0v) is 10.6. The summed E-state index contributed by atoms with van der Waals surface area (Å²) < 4.78 is 5.09. The van der Waals surface area contributed by atoms with Gasteiger partial charge in [-0.15, -0.1) is 0 Å². The van der Waals surface area contributed by atoms with Gasteiger partial charge in [-0.1, -0.05) is 13.3 Å². The van der Waals surface area contributed by atoms with Crippen LogP contribution in [0.3, 0.4) is 0 Å². The third kappa shape index (κ3) is 3.19. The van der Waals surface area contributed by atoms with Crippen LogP contribution in [0.15, 0.2) is 0 Å². The maximum atomic E-state index is 11.7. The fourth-order valence-electron chi connectivity index (χ4n) is 1.97. The average molecular weight is 243 g/mol. The van der Waals surface area contributed by atoms with E-state index < -0.39 is 17.9 Å². The second kappa shape index (κ2) is 6.00. The van der Waals surface area contributed by atoms with Gasteiger partial charge in [-0.05, 0) is 20.3 Å². The molecule has 1 aliphatic heterocycles. The number of unbranched alkanes of at least 4 members (excludes halogenated alkanes) is 1. The van der Waals surface area contributed by atoms with Gasteiger partial charge in [-0.3, -0.25) is 9.59 Å². The molecule has 1 amide bonds. The third-order valence-corrected chi connectivity index (χ3v) is 3.17. The summed E-state index contributed by atoms with van der Waals surface area (Å²) in [6, 6.07) is -0.309. The topological polar surface area (TPSA) is 75.6 Å². The highest BCUT2D eigenvalue weighted by atomic mass is 16.5. The summed E-state index contributed by atoms with van der Waals surface area (Å²) in [7, 11) is 0. The summed E-state index contributed by atoms with van der Waals surface area (Å²) in [5.74, 6) is -1.42. The van der Waals surface area contributed by atoms with Crippen molar-refractivity contribution in [3.63, 3.8) is 0 Å². The van der Waals surface area contributed by atoms with Gasteiger partial charge >= 0.3 is 5.97 Å². The highest BCUT2D eigenvalue weighted by Crippen LogP contribution is 2.26. The van der Waals surface area contributed by atoms with Crippen molar-refractivity contribution in [3.05, 3.63) is 0 Å². The van der Waals surface area contributed by atoms with Crippen molar-refractivity contribution in [2.45, 2.75) is 45.8 Å². The number of amides is 1. The van der Waals surface area contributed by atoms with E-state index in [1.54, 1.807) is 13.8 Å². The van der Waals surface area contributed by atoms with E-state index in [1.165, 1.54) is 0 Å². The molecule has 5 nitrogen and oxygen atoms in total. The van der Waals surface area contributed by atoms with E-state index in [9.17, 15) is 14.7 Å². The fourth-order valence-corrected chi connectivity index (χ4v) is 1.97. The molecule has 5 heteroatoms. The quantitative estimate of drug-likeness (QED) is 0.404. The molecule has 1 saturated heterocycles. The van der Waals surface area contributed by atoms with Crippen LogP contribution in [0, 0.1) is 11.8 Å². The summed E-state index contributed by atoms with van der Waals surface area (Å²) in [6.07, 6.45) is 1.08. The number of esters is 1. The number of carbonyl (C=O) groups is 2. The van der Waals surface area contributed by atoms with E-state index in [1.807, 2.05) is 6.92 Å². The van der Waals surface area contributed by atoms with E-state index in [0.717, 1.165) is 12.8 Å². The van der Waals surface area contributed by atoms with Gasteiger partial charge in [-0.2, -0.15) is 0 Å². The first-order valence-electron chi connectivity index (χ1n) is 6.14. The van der Waals surface area contributed by atoms with E-state index in [-0.39, 0.29) is 17.9 Å². The Labute approximate surface area is 102 Å². The van der Waals surface area contributed by atoms with Gasteiger partial charge in [0.1, 0.15) is 0 Å². The van der Waals surface area contributed by atoms with Crippen LogP contribution in [-0.2, 0) is 14.3 Å². The van der Waals surface area contributed by atoms with E-state index in [4.69, 9.17) is 4.74 Å². The molecule has 0 aromatic heterocycles. The van der Waals surface area contributed by atoms with Crippen LogP contribution >= 0.6 is 0 Å². The SMILES string of the molecule is CCCCOC(=O)[C@H](C)[C@H]1NC(=O)[C@@H]1[C@@H](C)O. The number of ether oxygens (including phenoxy) is 1. The molecular weight excluding hydrogens is 222 g/mol. The highest BCUT2D eigenvalue weighted by Gasteiger charge is 2.47. The number of aliphatic hydroxyl groups excluding tert-OH is 1. The molecule has 1 rings (SSSR count). The minimum atomic E-state index is -0.736. The molecule has 0 spiro atoms. The molecule has 0 unspecified atom stereocenters. The van der Waals surface area contributed by atoms with Crippen LogP contribution < -0.4 is 5.32 Å². The number of carbonyl (C=O) groups excluding carboxylic acids is 2. The Bertz CT molecular complexity index is 290. The van der Waals surface area contributed by atoms with Crippen molar-refractivity contribution >= 4 is 11.9 Å². The maximum Gasteiger partial charge on any atom is 0.310 e. The van der Waals surface area contributed by atoms with Crippen LogP contribution in [-0.4, -0.2) is 35.7 Å². The summed E-state index contributed by atoms with van der Waals surface area (Å²) in [6.45, 7) is 5.71. The lowest BCUT2D eigenvalue weighted by Crippen LogP contribution is -2.65. The van der Waals surface area contributed by atoms with E-state index in [0.29, 0.717) is 6.61 Å². The minimum Gasteiger partial charge on any atom is -0.465 e. The normalized spacial score (nSPS) is 26.7. The smallest absolute Gasteiger partial charge is 0.310 e. The zero-order valence-electron chi connectivity index (χ0n) is 10.6. The monoisotopic (exact) mass is 243 g/mol. The van der Waals surface area contributed by atoms with Crippen LogP contribution in [0.4, 0.5) is 0 Å². The molecule has 0 radical (unpaired) electrons. The standard InChI is InChI=1S/C12H21NO4/c1-4-5-6-17-12(16)7(2)10-9(8(3)14)11(15)13-10/h7-10,14H,4-6H2,1-3H3,(H,13,15)/t7-,8-,9-,10-/m1/s1. The number of nitrogens with one attached hydrogen (secondary N) is 1. The molecule has 4 atom stereocenters. The van der Waals surface area contributed by atoms with E-state index in [2.05, 4.69) is 5.32 Å². The van der Waals surface area contributed by atoms with Crippen LogP contribution in [0.1, 0.15) is 33.6 Å². The Morgan fingerprint density at radius 1 is 1.53 bits per heavy atom. The first-order chi connectivity index (χ1) is 7.99. The Hall–Kier alpha value is -1.10. The lowest BCUT2D eigenvalue weighted by atomic mass is 9.79. The summed E-state index contributed by atoms with van der Waals surface area (Å²) in [4.78, 5) is 22.9. The minimum absolute atomic E-state index is 0.196. The van der Waals surface area contributed by atoms with E-state index >= 15 is 0 Å². The van der Waals surface area contributed by atoms with Crippen LogP contribution in [0.25, 0.3) is 0 Å². The molecule has 1 heterocycles. The maximum absolute atomic E-state index is 11.7. The highest BCUT2D eigenvalue weighted by molar-refractivity contribution is 5.89. The number of β-lactam (4-membered cyclic amide) rings is 1. The summed E-state index contributed by atoms with van der Waals surface area (Å²) in [5, 5.41) is 12.1. The Morgan fingerprint density at radius 2 is 2.18 bits per heavy atom. The predicted octanol–water partition coefficient (Wildman–Crippen LogP) is 0.461. The van der Waals surface area contributed by atoms with Crippen molar-refractivity contribution in [2.75, 3.05) is 6.61 Å². The van der Waals surface area contributed by atoms with Crippen molar-refractivity contribution in [1.29, 1.82) is 0 Å².